The normalized spacial score (nSPS) is 11.9. The van der Waals surface area contributed by atoms with Gasteiger partial charge in [0.15, 0.2) is 0 Å². The number of hydrogen-bond acceptors (Lipinski definition) is 5. The van der Waals surface area contributed by atoms with Crippen LogP contribution in [0.4, 0.5) is 5.69 Å². The number of nitrogens with one attached hydrogen (secondary N) is 1. The Kier molecular flexibility index (Phi) is 3.99. The van der Waals surface area contributed by atoms with E-state index in [1.165, 1.54) is 11.3 Å². The van der Waals surface area contributed by atoms with Crippen LogP contribution >= 0.6 is 22.7 Å². The van der Waals surface area contributed by atoms with Crippen molar-refractivity contribution in [2.75, 3.05) is 11.3 Å². The molecule has 0 fully saturated rings. The molecule has 2 heterocycles. The highest BCUT2D eigenvalue weighted by Gasteiger charge is 2.17. The smallest absolute Gasteiger partial charge is 0.271 e. The summed E-state index contributed by atoms with van der Waals surface area (Å²) in [5, 5.41) is 11.9. The van der Waals surface area contributed by atoms with Crippen LogP contribution in [0.3, 0.4) is 0 Å². The maximum Gasteiger partial charge on any atom is 0.271 e. The topological polar surface area (TPSA) is 66.4 Å². The molecule has 0 saturated carbocycles. The van der Waals surface area contributed by atoms with Gasteiger partial charge in [-0.05, 0) is 47.2 Å². The molecule has 2 aromatic heterocycles. The minimum atomic E-state index is -3.57. The molecule has 2 N–H and O–H groups in total. The molecule has 0 radical (unpaired) electrons. The van der Waals surface area contributed by atoms with Crippen molar-refractivity contribution in [1.82, 2.24) is 0 Å². The number of benzene rings is 1. The van der Waals surface area contributed by atoms with E-state index in [1.807, 2.05) is 23.6 Å². The van der Waals surface area contributed by atoms with Gasteiger partial charge in [-0.3, -0.25) is 4.72 Å². The third kappa shape index (κ3) is 3.11. The molecule has 0 aliphatic rings. The van der Waals surface area contributed by atoms with E-state index in [1.54, 1.807) is 29.5 Å². The molecule has 1 aromatic carbocycles. The molecule has 7 heteroatoms. The Morgan fingerprint density at radius 3 is 2.81 bits per heavy atom. The van der Waals surface area contributed by atoms with Gasteiger partial charge < -0.3 is 5.11 Å². The number of anilines is 1. The minimum absolute atomic E-state index is 0.0161. The van der Waals surface area contributed by atoms with E-state index >= 15 is 0 Å². The van der Waals surface area contributed by atoms with E-state index in [0.29, 0.717) is 12.1 Å². The van der Waals surface area contributed by atoms with Gasteiger partial charge in [-0.1, -0.05) is 0 Å². The second-order valence-electron chi connectivity index (χ2n) is 4.47. The highest BCUT2D eigenvalue weighted by atomic mass is 32.2. The summed E-state index contributed by atoms with van der Waals surface area (Å²) in [5.74, 6) is 0. The van der Waals surface area contributed by atoms with Crippen molar-refractivity contribution in [2.45, 2.75) is 10.6 Å². The van der Waals surface area contributed by atoms with Crippen LogP contribution in [0.5, 0.6) is 0 Å². The summed E-state index contributed by atoms with van der Waals surface area (Å²) in [4.78, 5) is 0.853. The number of aliphatic hydroxyl groups excluding tert-OH is 1. The van der Waals surface area contributed by atoms with Crippen LogP contribution < -0.4 is 4.72 Å². The zero-order valence-corrected chi connectivity index (χ0v) is 13.4. The third-order valence-electron chi connectivity index (χ3n) is 2.96. The molecule has 0 aliphatic heterocycles. The fourth-order valence-corrected chi connectivity index (χ4v) is 5.15. The molecule has 0 bridgehead atoms. The Morgan fingerprint density at radius 2 is 2.00 bits per heavy atom. The first-order valence-electron chi connectivity index (χ1n) is 6.28. The van der Waals surface area contributed by atoms with E-state index in [9.17, 15) is 8.42 Å². The quantitative estimate of drug-likeness (QED) is 0.749. The predicted molar refractivity (Wildman–Crippen MR) is 87.7 cm³/mol. The van der Waals surface area contributed by atoms with Crippen molar-refractivity contribution >= 4 is 48.5 Å². The lowest BCUT2D eigenvalue weighted by molar-refractivity contribution is 0.300. The monoisotopic (exact) mass is 339 g/mol. The van der Waals surface area contributed by atoms with E-state index < -0.39 is 10.0 Å². The molecule has 0 saturated heterocycles. The Labute approximate surface area is 130 Å². The van der Waals surface area contributed by atoms with E-state index in [2.05, 4.69) is 4.72 Å². The summed E-state index contributed by atoms with van der Waals surface area (Å²) < 4.78 is 28.6. The molecule has 0 atom stereocenters. The Bertz CT molecular complexity index is 864. The molecule has 0 spiro atoms. The first-order chi connectivity index (χ1) is 10.1. The number of aliphatic hydroxyl groups is 1. The van der Waals surface area contributed by atoms with Crippen LogP contribution in [0.25, 0.3) is 10.1 Å². The highest BCUT2D eigenvalue weighted by Crippen LogP contribution is 2.27. The lowest BCUT2D eigenvalue weighted by atomic mass is 10.2. The van der Waals surface area contributed by atoms with Crippen molar-refractivity contribution < 1.29 is 13.5 Å². The third-order valence-corrected chi connectivity index (χ3v) is 6.88. The molecule has 3 rings (SSSR count). The maximum absolute atomic E-state index is 12.3. The van der Waals surface area contributed by atoms with Crippen LogP contribution in [0, 0.1) is 0 Å². The number of rotatable bonds is 5. The maximum atomic E-state index is 12.3. The van der Waals surface area contributed by atoms with Crippen molar-refractivity contribution in [3.8, 4) is 0 Å². The summed E-state index contributed by atoms with van der Waals surface area (Å²) in [6.45, 7) is 0.0161. The minimum Gasteiger partial charge on any atom is -0.396 e. The second-order valence-corrected chi connectivity index (χ2v) is 8.50. The Balaban J connectivity index is 1.87. The van der Waals surface area contributed by atoms with E-state index in [0.717, 1.165) is 15.0 Å². The number of hydrogen-bond donors (Lipinski definition) is 2. The van der Waals surface area contributed by atoms with Crippen LogP contribution in [0.1, 0.15) is 4.88 Å². The zero-order valence-electron chi connectivity index (χ0n) is 10.9. The Morgan fingerprint density at radius 1 is 1.14 bits per heavy atom. The van der Waals surface area contributed by atoms with E-state index in [-0.39, 0.29) is 10.8 Å². The Hall–Kier alpha value is -1.41. The van der Waals surface area contributed by atoms with Gasteiger partial charge >= 0.3 is 0 Å². The largest absolute Gasteiger partial charge is 0.396 e. The average Bonchev–Trinajstić information content (AvgIpc) is 3.07. The van der Waals surface area contributed by atoms with E-state index in [4.69, 9.17) is 5.11 Å². The van der Waals surface area contributed by atoms with Crippen molar-refractivity contribution in [2.24, 2.45) is 0 Å². The van der Waals surface area contributed by atoms with Gasteiger partial charge in [-0.15, -0.1) is 22.7 Å². The lowest BCUT2D eigenvalue weighted by Gasteiger charge is -2.06. The molecule has 0 unspecified atom stereocenters. The SMILES string of the molecule is O=S(=O)(Nc1ccc2sccc2c1)c1ccc(CCO)s1. The molecule has 0 aliphatic carbocycles. The van der Waals surface area contributed by atoms with Crippen LogP contribution in [-0.4, -0.2) is 20.1 Å². The van der Waals surface area contributed by atoms with Gasteiger partial charge in [0.2, 0.25) is 0 Å². The van der Waals surface area contributed by atoms with Gasteiger partial charge in [-0.2, -0.15) is 0 Å². The van der Waals surface area contributed by atoms with Crippen molar-refractivity contribution in [1.29, 1.82) is 0 Å². The molecular weight excluding hydrogens is 326 g/mol. The standard InChI is InChI=1S/C14H13NO3S3/c16-7-5-12-2-4-14(20-12)21(17,18)15-11-1-3-13-10(9-11)6-8-19-13/h1-4,6,8-9,15-16H,5,7H2. The van der Waals surface area contributed by atoms with Crippen LogP contribution in [0.2, 0.25) is 0 Å². The summed E-state index contributed by atoms with van der Waals surface area (Å²) in [7, 11) is -3.57. The van der Waals surface area contributed by atoms with Gasteiger partial charge in [0.1, 0.15) is 4.21 Å². The van der Waals surface area contributed by atoms with Gasteiger partial charge in [-0.25, -0.2) is 8.42 Å². The van der Waals surface area contributed by atoms with Gasteiger partial charge in [0.05, 0.1) is 0 Å². The van der Waals surface area contributed by atoms with Crippen LogP contribution in [0.15, 0.2) is 46.0 Å². The number of thiophene rings is 2. The average molecular weight is 339 g/mol. The van der Waals surface area contributed by atoms with Crippen LogP contribution in [-0.2, 0) is 16.4 Å². The molecule has 21 heavy (non-hydrogen) atoms. The first-order valence-corrected chi connectivity index (χ1v) is 9.46. The van der Waals surface area contributed by atoms with Gasteiger partial charge in [0, 0.05) is 28.3 Å². The highest BCUT2D eigenvalue weighted by molar-refractivity contribution is 7.94. The zero-order chi connectivity index (χ0) is 14.9. The summed E-state index contributed by atoms with van der Waals surface area (Å²) in [6, 6.07) is 10.8. The molecule has 3 aromatic rings. The number of fused-ring (bicyclic) bond motifs is 1. The van der Waals surface area contributed by atoms with Crippen molar-refractivity contribution in [3.63, 3.8) is 0 Å². The molecule has 4 nitrogen and oxygen atoms in total. The van der Waals surface area contributed by atoms with Crippen molar-refractivity contribution in [3.05, 3.63) is 46.7 Å². The molecule has 0 amide bonds. The second kappa shape index (κ2) is 5.76. The summed E-state index contributed by atoms with van der Waals surface area (Å²) in [5.41, 5.74) is 0.554. The fraction of sp³-hybridized carbons (Fsp3) is 0.143. The molecular formula is C14H13NO3S3. The predicted octanol–water partition coefficient (Wildman–Crippen LogP) is 3.30. The number of sulfonamides is 1. The summed E-state index contributed by atoms with van der Waals surface area (Å²) in [6.07, 6.45) is 0.473. The summed E-state index contributed by atoms with van der Waals surface area (Å²) >= 11 is 2.80. The molecule has 110 valence electrons. The van der Waals surface area contributed by atoms with Gasteiger partial charge in [0.25, 0.3) is 10.0 Å². The lowest BCUT2D eigenvalue weighted by Crippen LogP contribution is -2.11. The fourth-order valence-electron chi connectivity index (χ4n) is 1.98. The first kappa shape index (κ1) is 14.5.